The van der Waals surface area contributed by atoms with E-state index in [0.29, 0.717) is 12.0 Å². The van der Waals surface area contributed by atoms with Gasteiger partial charge >= 0.3 is 0 Å². The minimum absolute atomic E-state index is 0. The number of nitrogens with zero attached hydrogens (tertiary/aromatic N) is 1. The van der Waals surface area contributed by atoms with Crippen LogP contribution in [0, 0.1) is 5.92 Å². The van der Waals surface area contributed by atoms with E-state index in [1.807, 2.05) is 22.4 Å². The van der Waals surface area contributed by atoms with E-state index in [4.69, 9.17) is 0 Å². The quantitative estimate of drug-likeness (QED) is 0.848. The van der Waals surface area contributed by atoms with Crippen LogP contribution in [0.3, 0.4) is 0 Å². The van der Waals surface area contributed by atoms with E-state index in [0.717, 1.165) is 30.9 Å². The number of rotatable bonds is 1. The van der Waals surface area contributed by atoms with Crippen molar-refractivity contribution in [2.24, 2.45) is 5.92 Å². The minimum Gasteiger partial charge on any atom is -0.338 e. The zero-order valence-corrected chi connectivity index (χ0v) is 11.2. The molecule has 2 unspecified atom stereocenters. The Kier molecular flexibility index (Phi) is 4.07. The molecule has 0 saturated carbocycles. The van der Waals surface area contributed by atoms with E-state index in [9.17, 15) is 4.79 Å². The molecule has 1 aromatic heterocycles. The van der Waals surface area contributed by atoms with Crippen LogP contribution in [0.1, 0.15) is 22.5 Å². The number of likely N-dealkylation sites (tertiary alicyclic amines) is 1. The number of hydrogen-bond donors (Lipinski definition) is 1. The number of nitrogens with one attached hydrogen (secondary N) is 1. The minimum atomic E-state index is 0. The van der Waals surface area contributed by atoms with Crippen LogP contribution in [0.5, 0.6) is 0 Å². The molecule has 0 aliphatic carbocycles. The monoisotopic (exact) mass is 272 g/mol. The Morgan fingerprint density at radius 2 is 2.35 bits per heavy atom. The maximum Gasteiger partial charge on any atom is 0.263 e. The van der Waals surface area contributed by atoms with Gasteiger partial charge in [0.15, 0.2) is 0 Å². The topological polar surface area (TPSA) is 32.3 Å². The molecule has 3 heterocycles. The molecule has 0 aromatic carbocycles. The fourth-order valence-electron chi connectivity index (χ4n) is 2.79. The number of fused-ring (bicyclic) bond motifs is 1. The Labute approximate surface area is 112 Å². The second kappa shape index (κ2) is 5.38. The van der Waals surface area contributed by atoms with Crippen molar-refractivity contribution in [2.45, 2.75) is 18.9 Å². The summed E-state index contributed by atoms with van der Waals surface area (Å²) < 4.78 is 0. The first-order chi connectivity index (χ1) is 7.84. The zero-order valence-electron chi connectivity index (χ0n) is 9.59. The van der Waals surface area contributed by atoms with Crippen LogP contribution in [0.15, 0.2) is 17.5 Å². The molecule has 2 aliphatic heterocycles. The van der Waals surface area contributed by atoms with E-state index in [2.05, 4.69) is 5.32 Å². The van der Waals surface area contributed by atoms with Crippen molar-refractivity contribution >= 4 is 29.7 Å². The fraction of sp³-hybridized carbons (Fsp3) is 0.583. The fourth-order valence-corrected chi connectivity index (χ4v) is 3.48. The van der Waals surface area contributed by atoms with Crippen LogP contribution in [-0.2, 0) is 0 Å². The molecule has 0 radical (unpaired) electrons. The van der Waals surface area contributed by atoms with Crippen molar-refractivity contribution in [2.75, 3.05) is 19.6 Å². The first kappa shape index (κ1) is 12.9. The highest BCUT2D eigenvalue weighted by atomic mass is 35.5. The number of hydrogen-bond acceptors (Lipinski definition) is 3. The van der Waals surface area contributed by atoms with E-state index in [-0.39, 0.29) is 18.3 Å². The van der Waals surface area contributed by atoms with Crippen LogP contribution < -0.4 is 5.32 Å². The van der Waals surface area contributed by atoms with Crippen molar-refractivity contribution in [1.82, 2.24) is 10.2 Å². The predicted octanol–water partition coefficient (Wildman–Crippen LogP) is 1.99. The maximum absolute atomic E-state index is 12.2. The highest BCUT2D eigenvalue weighted by molar-refractivity contribution is 7.12. The zero-order chi connectivity index (χ0) is 11.0. The van der Waals surface area contributed by atoms with Gasteiger partial charge in [0.05, 0.1) is 4.88 Å². The van der Waals surface area contributed by atoms with Crippen molar-refractivity contribution < 1.29 is 4.79 Å². The summed E-state index contributed by atoms with van der Waals surface area (Å²) in [5.41, 5.74) is 0. The second-order valence-electron chi connectivity index (χ2n) is 4.63. The molecule has 1 aromatic rings. The van der Waals surface area contributed by atoms with Crippen molar-refractivity contribution in [3.8, 4) is 0 Å². The van der Waals surface area contributed by atoms with Gasteiger partial charge in [-0.25, -0.2) is 0 Å². The lowest BCUT2D eigenvalue weighted by atomic mass is 9.93. The summed E-state index contributed by atoms with van der Waals surface area (Å²) in [5.74, 6) is 0.901. The van der Waals surface area contributed by atoms with E-state index >= 15 is 0 Å². The highest BCUT2D eigenvalue weighted by Crippen LogP contribution is 2.26. The normalized spacial score (nSPS) is 27.4. The Morgan fingerprint density at radius 3 is 3.12 bits per heavy atom. The van der Waals surface area contributed by atoms with Crippen molar-refractivity contribution in [3.05, 3.63) is 22.4 Å². The number of piperidine rings is 1. The number of carbonyl (C=O) groups excluding carboxylic acids is 1. The lowest BCUT2D eigenvalue weighted by Gasteiger charge is -2.34. The lowest BCUT2D eigenvalue weighted by Crippen LogP contribution is -2.46. The van der Waals surface area contributed by atoms with Gasteiger partial charge in [-0.2, -0.15) is 0 Å². The Morgan fingerprint density at radius 1 is 1.47 bits per heavy atom. The number of carbonyl (C=O) groups is 1. The first-order valence-electron chi connectivity index (χ1n) is 5.91. The summed E-state index contributed by atoms with van der Waals surface area (Å²) in [7, 11) is 0. The van der Waals surface area contributed by atoms with Crippen LogP contribution in [-0.4, -0.2) is 36.5 Å². The molecule has 3 nitrogen and oxygen atoms in total. The molecule has 1 amide bonds. The average molecular weight is 273 g/mol. The van der Waals surface area contributed by atoms with Crippen molar-refractivity contribution in [1.29, 1.82) is 0 Å². The molecule has 2 atom stereocenters. The number of amides is 1. The molecular weight excluding hydrogens is 256 g/mol. The smallest absolute Gasteiger partial charge is 0.263 e. The van der Waals surface area contributed by atoms with Gasteiger partial charge in [0.1, 0.15) is 0 Å². The molecule has 17 heavy (non-hydrogen) atoms. The van der Waals surface area contributed by atoms with Crippen LogP contribution in [0.4, 0.5) is 0 Å². The molecule has 3 rings (SSSR count). The SMILES string of the molecule is Cl.O=C(c1cccs1)N1CCC2NCCC2C1. The third-order valence-corrected chi connectivity index (χ3v) is 4.53. The Balaban J connectivity index is 0.00000108. The summed E-state index contributed by atoms with van der Waals surface area (Å²) in [6.45, 7) is 2.97. The van der Waals surface area contributed by atoms with E-state index < -0.39 is 0 Å². The summed E-state index contributed by atoms with van der Waals surface area (Å²) in [6, 6.07) is 4.53. The summed E-state index contributed by atoms with van der Waals surface area (Å²) in [5, 5.41) is 5.49. The van der Waals surface area contributed by atoms with E-state index in [1.54, 1.807) is 11.3 Å². The van der Waals surface area contributed by atoms with Gasteiger partial charge in [-0.3, -0.25) is 4.79 Å². The number of halogens is 1. The third kappa shape index (κ3) is 2.49. The molecule has 0 spiro atoms. The third-order valence-electron chi connectivity index (χ3n) is 3.67. The maximum atomic E-state index is 12.2. The van der Waals surface area contributed by atoms with Crippen LogP contribution in [0.25, 0.3) is 0 Å². The van der Waals surface area contributed by atoms with E-state index in [1.165, 1.54) is 6.42 Å². The molecule has 1 N–H and O–H groups in total. The van der Waals surface area contributed by atoms with Gasteiger partial charge < -0.3 is 10.2 Å². The largest absolute Gasteiger partial charge is 0.338 e. The van der Waals surface area contributed by atoms with Gasteiger partial charge in [-0.15, -0.1) is 23.7 Å². The number of thiophene rings is 1. The average Bonchev–Trinajstić information content (AvgIpc) is 2.98. The molecule has 2 saturated heterocycles. The summed E-state index contributed by atoms with van der Waals surface area (Å²) >= 11 is 1.54. The second-order valence-corrected chi connectivity index (χ2v) is 5.57. The molecular formula is C12H17ClN2OS. The molecule has 94 valence electrons. The Hall–Kier alpha value is -0.580. The highest BCUT2D eigenvalue weighted by Gasteiger charge is 2.34. The molecule has 0 bridgehead atoms. The van der Waals surface area contributed by atoms with Gasteiger partial charge in [0.25, 0.3) is 5.91 Å². The predicted molar refractivity (Wildman–Crippen MR) is 72.0 cm³/mol. The lowest BCUT2D eigenvalue weighted by molar-refractivity contribution is 0.0667. The van der Waals surface area contributed by atoms with Gasteiger partial charge in [0.2, 0.25) is 0 Å². The molecule has 5 heteroatoms. The van der Waals surface area contributed by atoms with Crippen LogP contribution >= 0.6 is 23.7 Å². The first-order valence-corrected chi connectivity index (χ1v) is 6.79. The van der Waals surface area contributed by atoms with Gasteiger partial charge in [-0.1, -0.05) is 6.07 Å². The van der Waals surface area contributed by atoms with Crippen molar-refractivity contribution in [3.63, 3.8) is 0 Å². The summed E-state index contributed by atoms with van der Waals surface area (Å²) in [4.78, 5) is 15.1. The Bertz CT molecular complexity index is 382. The van der Waals surface area contributed by atoms with Gasteiger partial charge in [-0.05, 0) is 36.8 Å². The molecule has 2 aliphatic rings. The summed E-state index contributed by atoms with van der Waals surface area (Å²) in [6.07, 6.45) is 2.33. The van der Waals surface area contributed by atoms with Crippen LogP contribution in [0.2, 0.25) is 0 Å². The van der Waals surface area contributed by atoms with Gasteiger partial charge in [0, 0.05) is 19.1 Å². The molecule has 2 fully saturated rings. The standard InChI is InChI=1S/C12H16N2OS.ClH/c15-12(11-2-1-7-16-11)14-6-4-10-9(8-14)3-5-13-10;/h1-2,7,9-10,13H,3-6,8H2;1H.